The molecule has 2 aromatic rings. The molecule has 0 bridgehead atoms. The van der Waals surface area contributed by atoms with Gasteiger partial charge in [-0.2, -0.15) is 0 Å². The Kier molecular flexibility index (Phi) is 4.84. The number of fused-ring (bicyclic) bond motifs is 1. The summed E-state index contributed by atoms with van der Waals surface area (Å²) in [7, 11) is 1.36. The number of aryl methyl sites for hydroxylation is 1. The molecule has 0 saturated carbocycles. The first-order valence-corrected chi connectivity index (χ1v) is 7.90. The molecular weight excluding hydrogens is 306 g/mol. The number of hydrogen-bond donors (Lipinski definition) is 0. The number of carbonyl (C=O) groups excluding carboxylic acids is 2. The van der Waals surface area contributed by atoms with Gasteiger partial charge in [-0.3, -0.25) is 14.8 Å². The maximum Gasteiger partial charge on any atom is 0.339 e. The fraction of sp³-hybridized carbons (Fsp3) is 0.333. The van der Waals surface area contributed by atoms with Crippen LogP contribution in [0.1, 0.15) is 33.5 Å². The van der Waals surface area contributed by atoms with E-state index >= 15 is 0 Å². The highest BCUT2D eigenvalue weighted by Crippen LogP contribution is 2.22. The Labute approximate surface area is 140 Å². The largest absolute Gasteiger partial charge is 0.465 e. The van der Waals surface area contributed by atoms with Gasteiger partial charge in [0.05, 0.1) is 12.7 Å². The monoisotopic (exact) mass is 325 g/mol. The predicted molar refractivity (Wildman–Crippen MR) is 87.3 cm³/mol. The fourth-order valence-electron chi connectivity index (χ4n) is 2.95. The second-order valence-corrected chi connectivity index (χ2v) is 5.74. The van der Waals surface area contributed by atoms with Crippen LogP contribution in [0, 0.1) is 0 Å². The van der Waals surface area contributed by atoms with Crippen LogP contribution >= 0.6 is 0 Å². The zero-order valence-corrected chi connectivity index (χ0v) is 13.6. The molecule has 0 aliphatic carbocycles. The van der Waals surface area contributed by atoms with Gasteiger partial charge in [0.25, 0.3) is 0 Å². The molecule has 2 aromatic heterocycles. The maximum atomic E-state index is 12.4. The van der Waals surface area contributed by atoms with E-state index in [9.17, 15) is 9.59 Å². The third-order valence-electron chi connectivity index (χ3n) is 4.25. The number of hydrogen-bond acceptors (Lipinski definition) is 5. The molecule has 1 aliphatic heterocycles. The molecule has 0 unspecified atom stereocenters. The van der Waals surface area contributed by atoms with Gasteiger partial charge >= 0.3 is 5.97 Å². The Balaban J connectivity index is 1.66. The van der Waals surface area contributed by atoms with Gasteiger partial charge in [-0.1, -0.05) is 6.07 Å². The molecule has 6 heteroatoms. The average Bonchev–Trinajstić information content (AvgIpc) is 2.65. The number of methoxy groups -OCH3 is 1. The van der Waals surface area contributed by atoms with E-state index in [0.717, 1.165) is 16.7 Å². The number of rotatable bonds is 4. The molecule has 3 heterocycles. The zero-order chi connectivity index (χ0) is 16.9. The Morgan fingerprint density at radius 1 is 1.25 bits per heavy atom. The number of nitrogens with zero attached hydrogens (tertiary/aromatic N) is 3. The third kappa shape index (κ3) is 3.42. The van der Waals surface area contributed by atoms with Crippen molar-refractivity contribution >= 4 is 11.9 Å². The summed E-state index contributed by atoms with van der Waals surface area (Å²) in [6.07, 6.45) is 8.53. The van der Waals surface area contributed by atoms with Crippen LogP contribution in [0.5, 0.6) is 0 Å². The van der Waals surface area contributed by atoms with Crippen molar-refractivity contribution in [3.05, 3.63) is 59.2 Å². The van der Waals surface area contributed by atoms with Gasteiger partial charge in [-0.05, 0) is 35.6 Å². The van der Waals surface area contributed by atoms with Gasteiger partial charge in [-0.25, -0.2) is 4.79 Å². The van der Waals surface area contributed by atoms with Crippen molar-refractivity contribution < 1.29 is 14.3 Å². The second kappa shape index (κ2) is 7.21. The zero-order valence-electron chi connectivity index (χ0n) is 13.6. The summed E-state index contributed by atoms with van der Waals surface area (Å²) in [5.41, 5.74) is 3.40. The number of amides is 1. The summed E-state index contributed by atoms with van der Waals surface area (Å²) in [5.74, 6) is -0.274. The lowest BCUT2D eigenvalue weighted by Gasteiger charge is -2.29. The van der Waals surface area contributed by atoms with Gasteiger partial charge in [0.2, 0.25) is 5.91 Å². The lowest BCUT2D eigenvalue weighted by Crippen LogP contribution is -2.36. The summed E-state index contributed by atoms with van der Waals surface area (Å²) in [4.78, 5) is 34.3. The van der Waals surface area contributed by atoms with Crippen LogP contribution < -0.4 is 0 Å². The molecule has 0 atom stereocenters. The van der Waals surface area contributed by atoms with Crippen molar-refractivity contribution in [3.63, 3.8) is 0 Å². The lowest BCUT2D eigenvalue weighted by molar-refractivity contribution is -0.132. The van der Waals surface area contributed by atoms with Crippen molar-refractivity contribution in [3.8, 4) is 0 Å². The van der Waals surface area contributed by atoms with E-state index in [2.05, 4.69) is 9.97 Å². The molecule has 1 aliphatic rings. The molecule has 0 spiro atoms. The van der Waals surface area contributed by atoms with Gasteiger partial charge in [0, 0.05) is 44.3 Å². The Morgan fingerprint density at radius 3 is 2.88 bits per heavy atom. The van der Waals surface area contributed by atoms with Crippen molar-refractivity contribution in [2.75, 3.05) is 13.7 Å². The maximum absolute atomic E-state index is 12.4. The van der Waals surface area contributed by atoms with Crippen LogP contribution in [0.15, 0.2) is 36.9 Å². The smallest absolute Gasteiger partial charge is 0.339 e. The summed E-state index contributed by atoms with van der Waals surface area (Å²) in [5, 5.41) is 0. The molecule has 0 aromatic carbocycles. The van der Waals surface area contributed by atoms with Crippen molar-refractivity contribution in [1.82, 2.24) is 14.9 Å². The van der Waals surface area contributed by atoms with E-state index in [1.165, 1.54) is 13.3 Å². The first kappa shape index (κ1) is 16.1. The minimum atomic E-state index is -0.379. The van der Waals surface area contributed by atoms with Crippen LogP contribution in [0.4, 0.5) is 0 Å². The molecule has 124 valence electrons. The van der Waals surface area contributed by atoms with E-state index in [1.54, 1.807) is 18.6 Å². The number of esters is 1. The van der Waals surface area contributed by atoms with Crippen LogP contribution in [0.2, 0.25) is 0 Å². The molecule has 0 N–H and O–H groups in total. The molecule has 0 radical (unpaired) electrons. The van der Waals surface area contributed by atoms with E-state index in [1.807, 2.05) is 17.0 Å². The normalized spacial score (nSPS) is 13.3. The summed E-state index contributed by atoms with van der Waals surface area (Å²) >= 11 is 0. The number of ether oxygens (including phenoxy) is 1. The second-order valence-electron chi connectivity index (χ2n) is 5.74. The summed E-state index contributed by atoms with van der Waals surface area (Å²) in [6.45, 7) is 1.09. The average molecular weight is 325 g/mol. The quantitative estimate of drug-likeness (QED) is 0.801. The molecular formula is C18H19N3O3. The molecule has 3 rings (SSSR count). The Morgan fingerprint density at radius 2 is 2.12 bits per heavy atom. The van der Waals surface area contributed by atoms with E-state index in [0.29, 0.717) is 37.9 Å². The first-order chi connectivity index (χ1) is 11.7. The van der Waals surface area contributed by atoms with Crippen molar-refractivity contribution in [1.29, 1.82) is 0 Å². The SMILES string of the molecule is COC(=O)c1cncc2c1CCN(C(=O)CCc1cccnc1)C2. The standard InChI is InChI=1S/C18H19N3O3/c1-24-18(23)16-11-20-10-14-12-21(8-6-15(14)16)17(22)5-4-13-3-2-7-19-9-13/h2-3,7,9-11H,4-6,8,12H2,1H3. The van der Waals surface area contributed by atoms with E-state index in [-0.39, 0.29) is 11.9 Å². The highest BCUT2D eigenvalue weighted by molar-refractivity contribution is 5.91. The van der Waals surface area contributed by atoms with Crippen molar-refractivity contribution in [2.45, 2.75) is 25.8 Å². The van der Waals surface area contributed by atoms with Crippen LogP contribution in [0.25, 0.3) is 0 Å². The Bertz CT molecular complexity index is 746. The molecule has 1 amide bonds. The van der Waals surface area contributed by atoms with Gasteiger partial charge in [-0.15, -0.1) is 0 Å². The third-order valence-corrected chi connectivity index (χ3v) is 4.25. The molecule has 0 fully saturated rings. The molecule has 6 nitrogen and oxygen atoms in total. The lowest BCUT2D eigenvalue weighted by atomic mass is 9.96. The topological polar surface area (TPSA) is 72.4 Å². The molecule has 24 heavy (non-hydrogen) atoms. The minimum Gasteiger partial charge on any atom is -0.465 e. The summed E-state index contributed by atoms with van der Waals surface area (Å²) < 4.78 is 4.80. The summed E-state index contributed by atoms with van der Waals surface area (Å²) in [6, 6.07) is 3.84. The van der Waals surface area contributed by atoms with Crippen LogP contribution in [-0.2, 0) is 28.9 Å². The van der Waals surface area contributed by atoms with Gasteiger partial charge in [0.15, 0.2) is 0 Å². The predicted octanol–water partition coefficient (Wildman–Crippen LogP) is 1.78. The van der Waals surface area contributed by atoms with Gasteiger partial charge in [0.1, 0.15) is 0 Å². The van der Waals surface area contributed by atoms with Gasteiger partial charge < -0.3 is 9.64 Å². The van der Waals surface area contributed by atoms with Crippen molar-refractivity contribution in [2.24, 2.45) is 0 Å². The van der Waals surface area contributed by atoms with Crippen LogP contribution in [-0.4, -0.2) is 40.4 Å². The number of aromatic nitrogens is 2. The van der Waals surface area contributed by atoms with Crippen LogP contribution in [0.3, 0.4) is 0 Å². The number of pyridine rings is 2. The minimum absolute atomic E-state index is 0.105. The van der Waals surface area contributed by atoms with E-state index < -0.39 is 0 Å². The Hall–Kier alpha value is -2.76. The molecule has 0 saturated heterocycles. The first-order valence-electron chi connectivity index (χ1n) is 7.90. The van der Waals surface area contributed by atoms with E-state index in [4.69, 9.17) is 4.74 Å². The fourth-order valence-corrected chi connectivity index (χ4v) is 2.95. The highest BCUT2D eigenvalue weighted by Gasteiger charge is 2.24. The number of carbonyl (C=O) groups is 2. The highest BCUT2D eigenvalue weighted by atomic mass is 16.5.